The summed E-state index contributed by atoms with van der Waals surface area (Å²) in [6.45, 7) is 9.10. The van der Waals surface area contributed by atoms with E-state index < -0.39 is 0 Å². The van der Waals surface area contributed by atoms with Gasteiger partial charge in [0.05, 0.1) is 34.1 Å². The number of rotatable bonds is 6. The third kappa shape index (κ3) is 4.95. The third-order valence-corrected chi connectivity index (χ3v) is 13.9. The van der Waals surface area contributed by atoms with Gasteiger partial charge in [0.2, 0.25) is 0 Å². The molecular formula is C58H42F2N2. The molecular weight excluding hydrogens is 763 g/mol. The molecule has 0 saturated heterocycles. The van der Waals surface area contributed by atoms with Crippen molar-refractivity contribution in [3.63, 3.8) is 0 Å². The first-order chi connectivity index (χ1) is 30.1. The fraction of sp³-hybridized carbons (Fsp3) is 0.103. The van der Waals surface area contributed by atoms with Crippen LogP contribution in [0.1, 0.15) is 49.9 Å². The van der Waals surface area contributed by atoms with E-state index in [0.29, 0.717) is 11.4 Å². The summed E-state index contributed by atoms with van der Waals surface area (Å²) in [5.41, 5.74) is 13.6. The van der Waals surface area contributed by atoms with Gasteiger partial charge in [-0.2, -0.15) is 0 Å². The number of hydrogen-bond donors (Lipinski definition) is 0. The summed E-state index contributed by atoms with van der Waals surface area (Å²) < 4.78 is 32.9. The standard InChI is InChI=1S/C58H42F2N2/c1-57(2)41-17-7-5-15-37(41)55-43(57)19-13-25-51(55)61(49-23-11-9-21-45(49)59)47-33-29-35-28-32-40-48(34-30-36-27-31-39(47)53(35)54(36)40)62(50-24-12-10-22-46(50)60)52-26-14-20-44-56(52)38-16-6-8-18-42(38)58(44,3)4/h5-34H,1-4H3. The zero-order valence-corrected chi connectivity index (χ0v) is 35.0. The predicted octanol–water partition coefficient (Wildman–Crippen LogP) is 16.4. The van der Waals surface area contributed by atoms with Crippen LogP contribution in [-0.2, 0) is 10.8 Å². The molecule has 0 heterocycles. The van der Waals surface area contributed by atoms with Gasteiger partial charge >= 0.3 is 0 Å². The molecule has 0 atom stereocenters. The molecule has 2 nitrogen and oxygen atoms in total. The molecule has 0 aliphatic heterocycles. The highest BCUT2D eigenvalue weighted by Gasteiger charge is 2.40. The van der Waals surface area contributed by atoms with E-state index in [2.05, 4.69) is 171 Å². The molecule has 2 aliphatic carbocycles. The second-order valence-corrected chi connectivity index (χ2v) is 17.9. The van der Waals surface area contributed by atoms with Gasteiger partial charge in [0.15, 0.2) is 0 Å². The monoisotopic (exact) mass is 804 g/mol. The van der Waals surface area contributed by atoms with Crippen LogP contribution < -0.4 is 9.80 Å². The molecule has 2 aliphatic rings. The Kier molecular flexibility index (Phi) is 7.72. The van der Waals surface area contributed by atoms with Crippen molar-refractivity contribution < 1.29 is 8.78 Å². The van der Waals surface area contributed by atoms with E-state index in [-0.39, 0.29) is 22.5 Å². The third-order valence-electron chi connectivity index (χ3n) is 13.9. The Morgan fingerprint density at radius 3 is 1.11 bits per heavy atom. The van der Waals surface area contributed by atoms with Gasteiger partial charge in [-0.05, 0) is 103 Å². The van der Waals surface area contributed by atoms with Crippen LogP contribution in [-0.4, -0.2) is 0 Å². The summed E-state index contributed by atoms with van der Waals surface area (Å²) in [5, 5.41) is 6.30. The molecule has 0 radical (unpaired) electrons. The maximum Gasteiger partial charge on any atom is 0.147 e. The Morgan fingerprint density at radius 1 is 0.323 bits per heavy atom. The van der Waals surface area contributed by atoms with E-state index in [0.717, 1.165) is 66.2 Å². The van der Waals surface area contributed by atoms with Crippen LogP contribution in [0.15, 0.2) is 182 Å². The average molecular weight is 805 g/mol. The number of hydrogen-bond acceptors (Lipinski definition) is 2. The van der Waals surface area contributed by atoms with Crippen LogP contribution in [0.25, 0.3) is 54.6 Å². The number of halogens is 2. The second kappa shape index (κ2) is 13.1. The number of nitrogens with zero attached hydrogens (tertiary/aromatic N) is 2. The van der Waals surface area contributed by atoms with Crippen molar-refractivity contribution in [1.82, 2.24) is 0 Å². The Hall–Kier alpha value is -7.30. The topological polar surface area (TPSA) is 6.48 Å². The van der Waals surface area contributed by atoms with Crippen molar-refractivity contribution in [3.05, 3.63) is 216 Å². The fourth-order valence-corrected chi connectivity index (χ4v) is 11.0. The van der Waals surface area contributed by atoms with Gasteiger partial charge in [0.25, 0.3) is 0 Å². The van der Waals surface area contributed by atoms with E-state index in [4.69, 9.17) is 0 Å². The van der Waals surface area contributed by atoms with Crippen LogP contribution in [0.4, 0.5) is 42.9 Å². The minimum absolute atomic E-state index is 0.233. The average Bonchev–Trinajstić information content (AvgIpc) is 3.68. The molecule has 12 rings (SSSR count). The van der Waals surface area contributed by atoms with E-state index >= 15 is 8.78 Å². The lowest BCUT2D eigenvalue weighted by Gasteiger charge is -2.31. The van der Waals surface area contributed by atoms with Crippen molar-refractivity contribution in [1.29, 1.82) is 0 Å². The van der Waals surface area contributed by atoms with E-state index in [9.17, 15) is 0 Å². The molecule has 0 bridgehead atoms. The number of benzene rings is 10. The first-order valence-corrected chi connectivity index (χ1v) is 21.4. The van der Waals surface area contributed by atoms with Gasteiger partial charge in [-0.1, -0.05) is 161 Å². The zero-order valence-electron chi connectivity index (χ0n) is 35.0. The lowest BCUT2D eigenvalue weighted by Crippen LogP contribution is -2.17. The molecule has 0 unspecified atom stereocenters. The lowest BCUT2D eigenvalue weighted by atomic mass is 9.82. The molecule has 0 amide bonds. The number of para-hydroxylation sites is 2. The largest absolute Gasteiger partial charge is 0.306 e. The summed E-state index contributed by atoms with van der Waals surface area (Å²) in [4.78, 5) is 4.24. The molecule has 10 aromatic carbocycles. The first-order valence-electron chi connectivity index (χ1n) is 21.4. The molecule has 0 saturated carbocycles. The van der Waals surface area contributed by atoms with Gasteiger partial charge in [-0.3, -0.25) is 0 Å². The van der Waals surface area contributed by atoms with Crippen molar-refractivity contribution in [3.8, 4) is 22.3 Å². The number of anilines is 6. The molecule has 62 heavy (non-hydrogen) atoms. The molecule has 4 heteroatoms. The number of fused-ring (bicyclic) bond motifs is 6. The van der Waals surface area contributed by atoms with Gasteiger partial charge in [0, 0.05) is 32.7 Å². The zero-order chi connectivity index (χ0) is 42.1. The van der Waals surface area contributed by atoms with Gasteiger partial charge in [-0.25, -0.2) is 8.78 Å². The van der Waals surface area contributed by atoms with Crippen LogP contribution in [0.3, 0.4) is 0 Å². The van der Waals surface area contributed by atoms with E-state index in [1.54, 1.807) is 24.3 Å². The smallest absolute Gasteiger partial charge is 0.147 e. The second-order valence-electron chi connectivity index (χ2n) is 17.9. The summed E-state index contributed by atoms with van der Waals surface area (Å²) in [5.74, 6) is -0.603. The fourth-order valence-electron chi connectivity index (χ4n) is 11.0. The van der Waals surface area contributed by atoms with Gasteiger partial charge in [-0.15, -0.1) is 0 Å². The van der Waals surface area contributed by atoms with E-state index in [1.165, 1.54) is 33.4 Å². The Balaban J connectivity index is 1.14. The Bertz CT molecular complexity index is 3240. The molecule has 10 aromatic rings. The minimum Gasteiger partial charge on any atom is -0.306 e. The maximum absolute atomic E-state index is 16.5. The highest BCUT2D eigenvalue weighted by Crippen LogP contribution is 2.57. The molecule has 0 fully saturated rings. The van der Waals surface area contributed by atoms with Crippen LogP contribution in [0.2, 0.25) is 0 Å². The van der Waals surface area contributed by atoms with Crippen LogP contribution in [0.5, 0.6) is 0 Å². The Morgan fingerprint density at radius 2 is 0.677 bits per heavy atom. The van der Waals surface area contributed by atoms with Crippen molar-refractivity contribution >= 4 is 66.4 Å². The molecule has 0 aromatic heterocycles. The molecule has 0 spiro atoms. The summed E-state index contributed by atoms with van der Waals surface area (Å²) in [7, 11) is 0. The van der Waals surface area contributed by atoms with Crippen molar-refractivity contribution in [2.75, 3.05) is 9.80 Å². The highest BCUT2D eigenvalue weighted by molar-refractivity contribution is 6.28. The Labute approximate surface area is 360 Å². The maximum atomic E-state index is 16.5. The molecule has 298 valence electrons. The molecule has 0 N–H and O–H groups in total. The van der Waals surface area contributed by atoms with Crippen LogP contribution >= 0.6 is 0 Å². The quantitative estimate of drug-likeness (QED) is 0.155. The minimum atomic E-state index is -0.302. The summed E-state index contributed by atoms with van der Waals surface area (Å²) in [6, 6.07) is 61.6. The van der Waals surface area contributed by atoms with E-state index in [1.807, 2.05) is 24.3 Å². The summed E-state index contributed by atoms with van der Waals surface area (Å²) in [6.07, 6.45) is 0. The summed E-state index contributed by atoms with van der Waals surface area (Å²) >= 11 is 0. The van der Waals surface area contributed by atoms with Crippen LogP contribution in [0, 0.1) is 11.6 Å². The normalized spacial score (nSPS) is 14.2. The lowest BCUT2D eigenvalue weighted by molar-refractivity contribution is 0.628. The SMILES string of the molecule is CC1(C)c2ccccc2-c2c(N(c3ccccc3F)c3ccc4ccc5c(N(c6ccccc6F)c6cccc7c6-c6ccccc6C7(C)C)ccc6ccc3c4c65)cccc21. The van der Waals surface area contributed by atoms with Crippen molar-refractivity contribution in [2.24, 2.45) is 0 Å². The van der Waals surface area contributed by atoms with Gasteiger partial charge in [0.1, 0.15) is 11.6 Å². The first kappa shape index (κ1) is 36.5. The predicted molar refractivity (Wildman–Crippen MR) is 255 cm³/mol. The van der Waals surface area contributed by atoms with Gasteiger partial charge < -0.3 is 9.80 Å². The van der Waals surface area contributed by atoms with Crippen molar-refractivity contribution in [2.45, 2.75) is 38.5 Å². The highest BCUT2D eigenvalue weighted by atomic mass is 19.1.